The molecule has 5 rings (SSSR count). The predicted octanol–water partition coefficient (Wildman–Crippen LogP) is 4.84. The molecule has 0 aromatic heterocycles. The summed E-state index contributed by atoms with van der Waals surface area (Å²) in [5.41, 5.74) is 1.49. The van der Waals surface area contributed by atoms with Gasteiger partial charge in [0, 0.05) is 58.7 Å². The number of carbonyl (C=O) groups is 3. The minimum Gasteiger partial charge on any atom is -0.545 e. The van der Waals surface area contributed by atoms with Crippen molar-refractivity contribution in [1.29, 1.82) is 0 Å². The number of carboxylic acid groups (broad SMARTS) is 2. The van der Waals surface area contributed by atoms with Crippen LogP contribution in [0.25, 0.3) is 33.4 Å². The second kappa shape index (κ2) is 13.9. The molecule has 0 saturated heterocycles. The van der Waals surface area contributed by atoms with Crippen molar-refractivity contribution in [2.24, 2.45) is 0 Å². The minimum atomic E-state index is -5.24. The molecule has 0 atom stereocenters. The van der Waals surface area contributed by atoms with Gasteiger partial charge in [-0.3, -0.25) is 4.79 Å². The van der Waals surface area contributed by atoms with E-state index in [1.54, 1.807) is 0 Å². The molecule has 49 heavy (non-hydrogen) atoms. The van der Waals surface area contributed by atoms with E-state index in [1.165, 1.54) is 18.2 Å². The SMILES string of the molecule is CCN(CC)c1ccc2c(-c3ccc(NC(=O)c4ccc(S(=O)(=O)F)cc4C(=O)O)cc3C(=O)[O-])c3ccc(=[N+](CC)CC)cc-3oc2c1. The van der Waals surface area contributed by atoms with Gasteiger partial charge in [0.2, 0.25) is 5.36 Å². The van der Waals surface area contributed by atoms with Crippen molar-refractivity contribution in [2.45, 2.75) is 32.6 Å². The third-order valence-electron chi connectivity index (χ3n) is 8.46. The number of nitrogens with zero attached hydrogens (tertiary/aromatic N) is 2. The number of hydrogen-bond acceptors (Lipinski definition) is 8. The summed E-state index contributed by atoms with van der Waals surface area (Å²) < 4.78 is 44.8. The Morgan fingerprint density at radius 1 is 0.857 bits per heavy atom. The Morgan fingerprint density at radius 3 is 2.16 bits per heavy atom. The number of nitrogens with one attached hydrogen (secondary N) is 1. The van der Waals surface area contributed by atoms with Gasteiger partial charge in [0.25, 0.3) is 5.91 Å². The quantitative estimate of drug-likeness (QED) is 0.113. The van der Waals surface area contributed by atoms with Gasteiger partial charge in [-0.2, -0.15) is 8.42 Å². The Morgan fingerprint density at radius 2 is 1.55 bits per heavy atom. The summed E-state index contributed by atoms with van der Waals surface area (Å²) >= 11 is 0. The zero-order chi connectivity index (χ0) is 35.6. The Kier molecular flexibility index (Phi) is 9.85. The van der Waals surface area contributed by atoms with E-state index in [-0.39, 0.29) is 11.3 Å². The van der Waals surface area contributed by atoms with Crippen LogP contribution in [0.15, 0.2) is 82.1 Å². The molecule has 11 nitrogen and oxygen atoms in total. The molecule has 1 aliphatic carbocycles. The van der Waals surface area contributed by atoms with Gasteiger partial charge < -0.3 is 29.6 Å². The fourth-order valence-corrected chi connectivity index (χ4v) is 6.48. The lowest BCUT2D eigenvalue weighted by Crippen LogP contribution is -2.29. The summed E-state index contributed by atoms with van der Waals surface area (Å²) in [6, 6.07) is 17.8. The zero-order valence-corrected chi connectivity index (χ0v) is 28.1. The van der Waals surface area contributed by atoms with E-state index in [0.717, 1.165) is 49.4 Å². The second-order valence-electron chi connectivity index (χ2n) is 11.1. The molecule has 0 bridgehead atoms. The molecule has 1 amide bonds. The van der Waals surface area contributed by atoms with Crippen molar-refractivity contribution in [1.82, 2.24) is 4.58 Å². The van der Waals surface area contributed by atoms with Crippen LogP contribution >= 0.6 is 0 Å². The van der Waals surface area contributed by atoms with Crippen LogP contribution in [0.5, 0.6) is 0 Å². The van der Waals surface area contributed by atoms with Crippen molar-refractivity contribution in [3.63, 3.8) is 0 Å². The molecule has 2 N–H and O–H groups in total. The lowest BCUT2D eigenvalue weighted by Gasteiger charge is -2.23. The summed E-state index contributed by atoms with van der Waals surface area (Å²) in [7, 11) is -5.24. The molecule has 0 fully saturated rings. The van der Waals surface area contributed by atoms with Crippen molar-refractivity contribution in [3.05, 3.63) is 94.8 Å². The lowest BCUT2D eigenvalue weighted by atomic mass is 9.90. The molecule has 13 heteroatoms. The lowest BCUT2D eigenvalue weighted by molar-refractivity contribution is -0.254. The third kappa shape index (κ3) is 6.88. The Labute approximate surface area is 282 Å². The highest BCUT2D eigenvalue weighted by Crippen LogP contribution is 2.42. The van der Waals surface area contributed by atoms with Crippen molar-refractivity contribution >= 4 is 50.4 Å². The van der Waals surface area contributed by atoms with Crippen LogP contribution in [0.2, 0.25) is 0 Å². The Bertz CT molecular complexity index is 2270. The summed E-state index contributed by atoms with van der Waals surface area (Å²) in [6.07, 6.45) is 0. The maximum Gasteiger partial charge on any atom is 0.336 e. The molecule has 3 aromatic carbocycles. The van der Waals surface area contributed by atoms with E-state index in [2.05, 4.69) is 14.8 Å². The average Bonchev–Trinajstić information content (AvgIpc) is 3.07. The molecule has 1 aliphatic heterocycles. The first-order valence-electron chi connectivity index (χ1n) is 15.6. The van der Waals surface area contributed by atoms with E-state index < -0.39 is 44.1 Å². The van der Waals surface area contributed by atoms with Crippen LogP contribution in [-0.2, 0) is 10.2 Å². The second-order valence-corrected chi connectivity index (χ2v) is 12.5. The molecule has 254 valence electrons. The largest absolute Gasteiger partial charge is 0.545 e. The minimum absolute atomic E-state index is 0.00616. The summed E-state index contributed by atoms with van der Waals surface area (Å²) in [5, 5.41) is 26.3. The van der Waals surface area contributed by atoms with Gasteiger partial charge in [0.15, 0.2) is 0 Å². The van der Waals surface area contributed by atoms with E-state index >= 15 is 0 Å². The van der Waals surface area contributed by atoms with Crippen LogP contribution in [0.1, 0.15) is 58.8 Å². The number of carbonyl (C=O) groups excluding carboxylic acids is 2. The first-order valence-corrected chi connectivity index (χ1v) is 17.0. The number of benzene rings is 4. The molecule has 1 heterocycles. The molecule has 0 spiro atoms. The first kappa shape index (κ1) is 34.8. The van der Waals surface area contributed by atoms with Gasteiger partial charge in [0.05, 0.1) is 28.1 Å². The maximum absolute atomic E-state index is 13.5. The van der Waals surface area contributed by atoms with Gasteiger partial charge in [-0.1, -0.05) is 6.07 Å². The van der Waals surface area contributed by atoms with Gasteiger partial charge in [-0.25, -0.2) is 9.37 Å². The number of aromatic carboxylic acids is 2. The van der Waals surface area contributed by atoms with Crippen LogP contribution in [0, 0.1) is 0 Å². The van der Waals surface area contributed by atoms with Crippen LogP contribution in [0.3, 0.4) is 0 Å². The van der Waals surface area contributed by atoms with E-state index in [4.69, 9.17) is 4.42 Å². The number of amides is 1. The van der Waals surface area contributed by atoms with Crippen molar-refractivity contribution in [2.75, 3.05) is 36.4 Å². The molecule has 0 radical (unpaired) electrons. The summed E-state index contributed by atoms with van der Waals surface area (Å²) in [5.74, 6) is -3.65. The van der Waals surface area contributed by atoms with Crippen molar-refractivity contribution < 1.29 is 41.3 Å². The maximum atomic E-state index is 13.5. The fraction of sp³-hybridized carbons (Fsp3) is 0.222. The number of halogens is 1. The van der Waals surface area contributed by atoms with Gasteiger partial charge in [-0.05, 0) is 81.8 Å². The molecular weight excluding hydrogens is 653 g/mol. The van der Waals surface area contributed by atoms with Crippen LogP contribution in [0.4, 0.5) is 15.3 Å². The topological polar surface area (TPSA) is 160 Å². The smallest absolute Gasteiger partial charge is 0.336 e. The van der Waals surface area contributed by atoms with Crippen LogP contribution in [-0.4, -0.2) is 57.5 Å². The summed E-state index contributed by atoms with van der Waals surface area (Å²) in [4.78, 5) is 38.9. The molecule has 0 saturated carbocycles. The highest BCUT2D eigenvalue weighted by Gasteiger charge is 2.24. The van der Waals surface area contributed by atoms with Gasteiger partial charge >= 0.3 is 16.2 Å². The number of fused-ring (bicyclic) bond motifs is 2. The van der Waals surface area contributed by atoms with Gasteiger partial charge in [-0.15, -0.1) is 3.89 Å². The zero-order valence-electron chi connectivity index (χ0n) is 27.2. The van der Waals surface area contributed by atoms with Crippen molar-refractivity contribution in [3.8, 4) is 22.5 Å². The first-order chi connectivity index (χ1) is 23.3. The Hall–Kier alpha value is -5.56. The van der Waals surface area contributed by atoms with E-state index in [0.29, 0.717) is 39.5 Å². The fourth-order valence-electron chi connectivity index (χ4n) is 5.99. The number of carboxylic acids is 2. The predicted molar refractivity (Wildman–Crippen MR) is 182 cm³/mol. The monoisotopic (exact) mass is 687 g/mol. The van der Waals surface area contributed by atoms with Gasteiger partial charge in [0.1, 0.15) is 24.4 Å². The highest BCUT2D eigenvalue weighted by molar-refractivity contribution is 7.86. The molecule has 0 unspecified atom stereocenters. The average molecular weight is 688 g/mol. The van der Waals surface area contributed by atoms with E-state index in [9.17, 15) is 36.9 Å². The number of anilines is 2. The van der Waals surface area contributed by atoms with E-state index in [1.807, 2.05) is 64.1 Å². The number of rotatable bonds is 11. The standard InChI is InChI=1S/C36H34FN3O8S/c1-5-39(6-2)22-10-14-27-31(18-22)48-32-19-23(40(7-3)8-4)11-15-28(32)33(27)25-13-9-21(17-29(25)35(42)43)38-34(41)26-16-12-24(49(37,46)47)20-30(26)36(44)45/h9-20H,5-8H2,1-4H3,(H2,42,43,44,45). The normalized spacial score (nSPS) is 11.4. The molecule has 2 aliphatic rings. The number of hydrogen-bond donors (Lipinski definition) is 2. The summed E-state index contributed by atoms with van der Waals surface area (Å²) in [6.45, 7) is 11.3. The third-order valence-corrected chi connectivity index (χ3v) is 9.28. The highest BCUT2D eigenvalue weighted by atomic mass is 32.3. The molecule has 3 aromatic rings. The Balaban J connectivity index is 1.69. The molecular formula is C36H34FN3O8S. The van der Waals surface area contributed by atoms with Crippen LogP contribution < -0.4 is 25.3 Å².